The molecule has 0 atom stereocenters. The summed E-state index contributed by atoms with van der Waals surface area (Å²) in [6.45, 7) is 0.718. The van der Waals surface area contributed by atoms with Gasteiger partial charge in [-0.3, -0.25) is 4.79 Å². The highest BCUT2D eigenvalue weighted by molar-refractivity contribution is 7.90. The van der Waals surface area contributed by atoms with E-state index in [2.05, 4.69) is 4.72 Å². The number of rotatable bonds is 9. The van der Waals surface area contributed by atoms with Gasteiger partial charge >= 0.3 is 0 Å². The lowest BCUT2D eigenvalue weighted by atomic mass is 10.1. The van der Waals surface area contributed by atoms with E-state index in [1.54, 1.807) is 12.1 Å². The van der Waals surface area contributed by atoms with Crippen molar-refractivity contribution in [3.63, 3.8) is 0 Å². The molecule has 0 saturated heterocycles. The first-order valence-corrected chi connectivity index (χ1v) is 11.8. The number of nitrogens with one attached hydrogen (secondary N) is 1. The Bertz CT molecular complexity index is 949. The van der Waals surface area contributed by atoms with E-state index in [-0.39, 0.29) is 17.4 Å². The normalized spacial score (nSPS) is 14.8. The summed E-state index contributed by atoms with van der Waals surface area (Å²) in [5.74, 6) is 0.291. The summed E-state index contributed by atoms with van der Waals surface area (Å²) in [6, 6.07) is 14.3. The third-order valence-electron chi connectivity index (χ3n) is 5.12. The molecule has 0 spiro atoms. The van der Waals surface area contributed by atoms with Gasteiger partial charge in [0.25, 0.3) is 10.0 Å². The molecule has 7 heteroatoms. The highest BCUT2D eigenvalue weighted by Crippen LogP contribution is 2.25. The van der Waals surface area contributed by atoms with Crippen LogP contribution >= 0.6 is 0 Å². The van der Waals surface area contributed by atoms with E-state index in [1.807, 2.05) is 43.3 Å². The fraction of sp³-hybridized carbons (Fsp3) is 0.435. The second kappa shape index (κ2) is 10.1. The topological polar surface area (TPSA) is 75.7 Å². The Hall–Kier alpha value is -2.38. The maximum Gasteiger partial charge on any atom is 0.264 e. The van der Waals surface area contributed by atoms with E-state index in [0.29, 0.717) is 6.42 Å². The van der Waals surface area contributed by atoms with Gasteiger partial charge < -0.3 is 9.64 Å². The van der Waals surface area contributed by atoms with Crippen molar-refractivity contribution in [2.45, 2.75) is 56.1 Å². The molecular formula is C23H30N2O4S. The number of nitrogens with zero attached hydrogens (tertiary/aromatic N) is 1. The highest BCUT2D eigenvalue weighted by Gasteiger charge is 2.18. The van der Waals surface area contributed by atoms with Crippen LogP contribution in [0.15, 0.2) is 53.4 Å². The lowest BCUT2D eigenvalue weighted by Crippen LogP contribution is -2.30. The molecule has 162 valence electrons. The van der Waals surface area contributed by atoms with Crippen molar-refractivity contribution in [2.24, 2.45) is 0 Å². The molecule has 0 heterocycles. The van der Waals surface area contributed by atoms with Gasteiger partial charge in [-0.2, -0.15) is 0 Å². The second-order valence-electron chi connectivity index (χ2n) is 8.08. The summed E-state index contributed by atoms with van der Waals surface area (Å²) >= 11 is 0. The van der Waals surface area contributed by atoms with Crippen LogP contribution in [0.3, 0.4) is 0 Å². The van der Waals surface area contributed by atoms with Crippen LogP contribution in [-0.4, -0.2) is 39.4 Å². The first kappa shape index (κ1) is 22.3. The summed E-state index contributed by atoms with van der Waals surface area (Å²) in [7, 11) is 0.0209. The Morgan fingerprint density at radius 1 is 1.07 bits per heavy atom. The van der Waals surface area contributed by atoms with Gasteiger partial charge in [-0.15, -0.1) is 0 Å². The first-order valence-electron chi connectivity index (χ1n) is 10.4. The number of amides is 1. The van der Waals surface area contributed by atoms with Gasteiger partial charge in [0.15, 0.2) is 0 Å². The number of carbonyl (C=O) groups excluding carboxylic acids is 1. The number of hydrogen-bond donors (Lipinski definition) is 1. The Morgan fingerprint density at radius 3 is 2.43 bits per heavy atom. The molecule has 3 rings (SSSR count). The number of ether oxygens (including phenoxy) is 1. The van der Waals surface area contributed by atoms with Crippen LogP contribution in [0, 0.1) is 0 Å². The minimum absolute atomic E-state index is 0.0881. The Balaban J connectivity index is 1.53. The van der Waals surface area contributed by atoms with E-state index < -0.39 is 15.9 Å². The first-order chi connectivity index (χ1) is 14.3. The quantitative estimate of drug-likeness (QED) is 0.659. The zero-order chi connectivity index (χ0) is 21.6. The Kier molecular flexibility index (Phi) is 7.50. The van der Waals surface area contributed by atoms with Gasteiger partial charge in [0.05, 0.1) is 11.0 Å². The van der Waals surface area contributed by atoms with Crippen LogP contribution in [0.5, 0.6) is 5.75 Å². The molecule has 0 aliphatic heterocycles. The van der Waals surface area contributed by atoms with Crippen molar-refractivity contribution in [3.05, 3.63) is 59.7 Å². The average Bonchev–Trinajstić information content (AvgIpc) is 3.19. The average molecular weight is 431 g/mol. The fourth-order valence-corrected chi connectivity index (χ4v) is 4.64. The predicted molar refractivity (Wildman–Crippen MR) is 117 cm³/mol. The summed E-state index contributed by atoms with van der Waals surface area (Å²) in [4.78, 5) is 14.3. The monoisotopic (exact) mass is 430 g/mol. The molecule has 1 fully saturated rings. The van der Waals surface area contributed by atoms with Crippen LogP contribution in [0.1, 0.15) is 43.2 Å². The summed E-state index contributed by atoms with van der Waals surface area (Å²) in [5.41, 5.74) is 1.95. The molecule has 0 aromatic heterocycles. The molecule has 0 unspecified atom stereocenters. The molecule has 30 heavy (non-hydrogen) atoms. The van der Waals surface area contributed by atoms with E-state index in [1.165, 1.54) is 25.0 Å². The summed E-state index contributed by atoms with van der Waals surface area (Å²) < 4.78 is 33.1. The molecule has 6 nitrogen and oxygen atoms in total. The van der Waals surface area contributed by atoms with Gasteiger partial charge in [0.1, 0.15) is 5.75 Å². The smallest absolute Gasteiger partial charge is 0.264 e. The number of hydrogen-bond acceptors (Lipinski definition) is 5. The fourth-order valence-electron chi connectivity index (χ4n) is 3.63. The number of aryl methyl sites for hydroxylation is 1. The van der Waals surface area contributed by atoms with Crippen molar-refractivity contribution in [1.29, 1.82) is 0 Å². The lowest BCUT2D eigenvalue weighted by Gasteiger charge is -2.14. The van der Waals surface area contributed by atoms with Crippen molar-refractivity contribution in [3.8, 4) is 5.75 Å². The standard InChI is InChI=1S/C23H30N2O4S/c1-25(2)17-19-10-13-22(14-11-19)30(27,28)24-23(26)15-12-18-6-5-9-21(16-18)29-20-7-3-4-8-20/h5-6,9-11,13-14,16,20H,3-4,7-8,12,15,17H2,1-2H3,(H,24,26). The Labute approximate surface area is 179 Å². The van der Waals surface area contributed by atoms with Gasteiger partial charge in [0.2, 0.25) is 5.91 Å². The SMILES string of the molecule is CN(C)Cc1ccc(S(=O)(=O)NC(=O)CCc2cccc(OC3CCCC3)c2)cc1. The maximum absolute atomic E-state index is 12.5. The zero-order valence-corrected chi connectivity index (χ0v) is 18.5. The lowest BCUT2D eigenvalue weighted by molar-refractivity contribution is -0.119. The third-order valence-corrected chi connectivity index (χ3v) is 6.51. The summed E-state index contributed by atoms with van der Waals surface area (Å²) in [5, 5.41) is 0. The number of sulfonamides is 1. The van der Waals surface area contributed by atoms with E-state index in [9.17, 15) is 13.2 Å². The van der Waals surface area contributed by atoms with Crippen molar-refractivity contribution in [1.82, 2.24) is 9.62 Å². The number of benzene rings is 2. The molecule has 1 N–H and O–H groups in total. The third kappa shape index (κ3) is 6.57. The predicted octanol–water partition coefficient (Wildman–Crippen LogP) is 3.51. The molecule has 2 aromatic rings. The van der Waals surface area contributed by atoms with Crippen LogP contribution in [0.25, 0.3) is 0 Å². The van der Waals surface area contributed by atoms with E-state index in [0.717, 1.165) is 36.3 Å². The molecule has 1 aliphatic rings. The van der Waals surface area contributed by atoms with Gasteiger partial charge in [-0.1, -0.05) is 24.3 Å². The van der Waals surface area contributed by atoms with Gasteiger partial charge in [-0.25, -0.2) is 13.1 Å². The van der Waals surface area contributed by atoms with Crippen LogP contribution in [-0.2, 0) is 27.8 Å². The molecule has 1 amide bonds. The molecular weight excluding hydrogens is 400 g/mol. The minimum atomic E-state index is -3.87. The van der Waals surface area contributed by atoms with Gasteiger partial charge in [0, 0.05) is 13.0 Å². The zero-order valence-electron chi connectivity index (χ0n) is 17.6. The molecule has 1 aliphatic carbocycles. The molecule has 1 saturated carbocycles. The largest absolute Gasteiger partial charge is 0.490 e. The number of carbonyl (C=O) groups is 1. The Morgan fingerprint density at radius 2 is 1.77 bits per heavy atom. The summed E-state index contributed by atoms with van der Waals surface area (Å²) in [6.07, 6.45) is 5.39. The minimum Gasteiger partial charge on any atom is -0.490 e. The second-order valence-corrected chi connectivity index (χ2v) is 9.76. The van der Waals surface area contributed by atoms with E-state index >= 15 is 0 Å². The van der Waals surface area contributed by atoms with Crippen LogP contribution in [0.2, 0.25) is 0 Å². The highest BCUT2D eigenvalue weighted by atomic mass is 32.2. The molecule has 2 aromatic carbocycles. The van der Waals surface area contributed by atoms with Crippen molar-refractivity contribution < 1.29 is 17.9 Å². The maximum atomic E-state index is 12.5. The van der Waals surface area contributed by atoms with Gasteiger partial charge in [-0.05, 0) is 81.6 Å². The van der Waals surface area contributed by atoms with E-state index in [4.69, 9.17) is 4.74 Å². The van der Waals surface area contributed by atoms with Crippen molar-refractivity contribution in [2.75, 3.05) is 14.1 Å². The van der Waals surface area contributed by atoms with Crippen LogP contribution in [0.4, 0.5) is 0 Å². The van der Waals surface area contributed by atoms with Crippen molar-refractivity contribution >= 4 is 15.9 Å². The molecule has 0 bridgehead atoms. The molecule has 0 radical (unpaired) electrons. The van der Waals surface area contributed by atoms with Crippen LogP contribution < -0.4 is 9.46 Å².